The molecule has 0 aliphatic heterocycles. The average molecular weight is 403 g/mol. The molecule has 0 aromatic heterocycles. The smallest absolute Gasteiger partial charge is 0.264 e. The minimum absolute atomic E-state index is 0.114. The first-order valence-electron chi connectivity index (χ1n) is 7.57. The van der Waals surface area contributed by atoms with Gasteiger partial charge in [0.15, 0.2) is 0 Å². The van der Waals surface area contributed by atoms with Gasteiger partial charge in [0.25, 0.3) is 10.0 Å². The molecular formula is C17H20Cl2N2O3S. The van der Waals surface area contributed by atoms with Gasteiger partial charge in [0, 0.05) is 11.6 Å². The summed E-state index contributed by atoms with van der Waals surface area (Å²) >= 11 is 12.2. The van der Waals surface area contributed by atoms with E-state index in [1.54, 1.807) is 43.3 Å². The van der Waals surface area contributed by atoms with E-state index in [4.69, 9.17) is 23.2 Å². The Kier molecular flexibility index (Phi) is 6.71. The predicted molar refractivity (Wildman–Crippen MR) is 102 cm³/mol. The minimum Gasteiger partial charge on any atom is -0.390 e. The van der Waals surface area contributed by atoms with Crippen molar-refractivity contribution in [3.05, 3.63) is 58.6 Å². The molecule has 5 nitrogen and oxygen atoms in total. The first-order valence-corrected chi connectivity index (χ1v) is 9.77. The quantitative estimate of drug-likeness (QED) is 0.772. The Hall–Kier alpha value is -1.31. The lowest BCUT2D eigenvalue weighted by Crippen LogP contribution is -2.41. The van der Waals surface area contributed by atoms with E-state index >= 15 is 0 Å². The Labute approximate surface area is 158 Å². The number of hydrogen-bond acceptors (Lipinski definition) is 4. The highest BCUT2D eigenvalue weighted by atomic mass is 35.5. The Morgan fingerprint density at radius 2 is 1.68 bits per heavy atom. The highest BCUT2D eigenvalue weighted by Crippen LogP contribution is 2.33. The molecule has 2 rings (SSSR count). The van der Waals surface area contributed by atoms with E-state index in [1.165, 1.54) is 24.3 Å². The summed E-state index contributed by atoms with van der Waals surface area (Å²) in [4.78, 5) is 1.89. The molecule has 1 N–H and O–H groups in total. The topological polar surface area (TPSA) is 60.9 Å². The summed E-state index contributed by atoms with van der Waals surface area (Å²) in [5.41, 5.74) is 0.232. The van der Waals surface area contributed by atoms with Crippen molar-refractivity contribution in [1.82, 2.24) is 4.90 Å². The van der Waals surface area contributed by atoms with Crippen molar-refractivity contribution in [1.29, 1.82) is 0 Å². The SMILES string of the molecule is CN(C)C[C@@H](O)CN(c1cc(Cl)ccc1Cl)S(=O)(=O)c1ccccc1. The maximum absolute atomic E-state index is 13.1. The van der Waals surface area contributed by atoms with Gasteiger partial charge in [-0.15, -0.1) is 0 Å². The van der Waals surface area contributed by atoms with Gasteiger partial charge < -0.3 is 10.0 Å². The maximum atomic E-state index is 13.1. The summed E-state index contributed by atoms with van der Waals surface area (Å²) in [7, 11) is -0.318. The Morgan fingerprint density at radius 3 is 2.28 bits per heavy atom. The zero-order valence-electron chi connectivity index (χ0n) is 13.9. The molecule has 8 heteroatoms. The molecule has 0 unspecified atom stereocenters. The molecule has 0 saturated heterocycles. The summed E-state index contributed by atoms with van der Waals surface area (Å²) in [6, 6.07) is 12.6. The summed E-state index contributed by atoms with van der Waals surface area (Å²) in [6.45, 7) is 0.161. The van der Waals surface area contributed by atoms with E-state index in [1.807, 2.05) is 0 Å². The van der Waals surface area contributed by atoms with Crippen LogP contribution >= 0.6 is 23.2 Å². The third kappa shape index (κ3) is 5.09. The molecule has 0 saturated carbocycles. The molecule has 0 fully saturated rings. The van der Waals surface area contributed by atoms with Gasteiger partial charge in [-0.3, -0.25) is 4.31 Å². The van der Waals surface area contributed by atoms with Crippen LogP contribution in [0, 0.1) is 0 Å². The summed E-state index contributed by atoms with van der Waals surface area (Å²) in [6.07, 6.45) is -0.900. The zero-order valence-corrected chi connectivity index (χ0v) is 16.3. The molecule has 1 atom stereocenters. The van der Waals surface area contributed by atoms with Crippen LogP contribution in [-0.2, 0) is 10.0 Å². The van der Waals surface area contributed by atoms with Gasteiger partial charge in [-0.05, 0) is 44.4 Å². The van der Waals surface area contributed by atoms with Gasteiger partial charge in [-0.25, -0.2) is 8.42 Å². The molecule has 0 radical (unpaired) electrons. The minimum atomic E-state index is -3.91. The van der Waals surface area contributed by atoms with E-state index < -0.39 is 16.1 Å². The van der Waals surface area contributed by atoms with Crippen LogP contribution in [0.5, 0.6) is 0 Å². The van der Waals surface area contributed by atoms with E-state index in [0.29, 0.717) is 11.6 Å². The van der Waals surface area contributed by atoms with Crippen LogP contribution < -0.4 is 4.31 Å². The lowest BCUT2D eigenvalue weighted by atomic mass is 10.3. The standard InChI is InChI=1S/C17H20Cl2N2O3S/c1-20(2)11-14(22)12-21(17-10-13(18)8-9-16(17)19)25(23,24)15-6-4-3-5-7-15/h3-10,14,22H,11-12H2,1-2H3/t14-/m1/s1. The molecule has 136 valence electrons. The van der Waals surface area contributed by atoms with E-state index in [0.717, 1.165) is 4.31 Å². The number of benzene rings is 2. The highest BCUT2D eigenvalue weighted by Gasteiger charge is 2.29. The average Bonchev–Trinajstić information content (AvgIpc) is 2.55. The fourth-order valence-corrected chi connectivity index (χ4v) is 4.36. The molecule has 25 heavy (non-hydrogen) atoms. The van der Waals surface area contributed by atoms with Gasteiger partial charge in [-0.2, -0.15) is 0 Å². The fraction of sp³-hybridized carbons (Fsp3) is 0.294. The van der Waals surface area contributed by atoms with E-state index in [-0.39, 0.29) is 22.2 Å². The molecule has 0 heterocycles. The molecule has 0 aliphatic carbocycles. The normalized spacial score (nSPS) is 13.0. The van der Waals surface area contributed by atoms with E-state index in [9.17, 15) is 13.5 Å². The zero-order chi connectivity index (χ0) is 18.6. The number of halogens is 2. The van der Waals surface area contributed by atoms with Crippen molar-refractivity contribution in [2.75, 3.05) is 31.5 Å². The number of anilines is 1. The summed E-state index contributed by atoms with van der Waals surface area (Å²) < 4.78 is 27.3. The van der Waals surface area contributed by atoms with Crippen molar-refractivity contribution in [2.45, 2.75) is 11.0 Å². The number of aliphatic hydroxyl groups is 1. The van der Waals surface area contributed by atoms with Crippen molar-refractivity contribution < 1.29 is 13.5 Å². The van der Waals surface area contributed by atoms with Crippen LogP contribution in [-0.4, -0.2) is 51.7 Å². The molecule has 2 aromatic rings. The van der Waals surface area contributed by atoms with Crippen molar-refractivity contribution >= 4 is 38.9 Å². The third-order valence-electron chi connectivity index (χ3n) is 3.46. The second-order valence-electron chi connectivity index (χ2n) is 5.86. The Morgan fingerprint density at radius 1 is 1.04 bits per heavy atom. The number of nitrogens with zero attached hydrogens (tertiary/aromatic N) is 2. The van der Waals surface area contributed by atoms with Crippen LogP contribution in [0.4, 0.5) is 5.69 Å². The first-order chi connectivity index (χ1) is 11.7. The molecule has 0 spiro atoms. The summed E-state index contributed by atoms with van der Waals surface area (Å²) in [5, 5.41) is 10.9. The number of sulfonamides is 1. The first kappa shape index (κ1) is 20.0. The van der Waals surface area contributed by atoms with Gasteiger partial charge in [0.1, 0.15) is 0 Å². The van der Waals surface area contributed by atoms with Gasteiger partial charge in [-0.1, -0.05) is 41.4 Å². The van der Waals surface area contributed by atoms with Crippen LogP contribution in [0.1, 0.15) is 0 Å². The molecule has 2 aromatic carbocycles. The number of aliphatic hydroxyl groups excluding tert-OH is 1. The molecule has 0 aliphatic rings. The molecular weight excluding hydrogens is 383 g/mol. The molecule has 0 bridgehead atoms. The number of rotatable bonds is 7. The van der Waals surface area contributed by atoms with Crippen LogP contribution in [0.25, 0.3) is 0 Å². The van der Waals surface area contributed by atoms with Crippen LogP contribution in [0.2, 0.25) is 10.0 Å². The Balaban J connectivity index is 2.51. The van der Waals surface area contributed by atoms with E-state index in [2.05, 4.69) is 0 Å². The predicted octanol–water partition coefficient (Wildman–Crippen LogP) is 3.11. The van der Waals surface area contributed by atoms with Crippen molar-refractivity contribution in [3.8, 4) is 0 Å². The van der Waals surface area contributed by atoms with Crippen LogP contribution in [0.3, 0.4) is 0 Å². The third-order valence-corrected chi connectivity index (χ3v) is 5.81. The number of likely N-dealkylation sites (N-methyl/N-ethyl adjacent to an activating group) is 1. The number of hydrogen-bond donors (Lipinski definition) is 1. The van der Waals surface area contributed by atoms with Gasteiger partial charge >= 0.3 is 0 Å². The maximum Gasteiger partial charge on any atom is 0.264 e. The highest BCUT2D eigenvalue weighted by molar-refractivity contribution is 7.92. The molecule has 0 amide bonds. The largest absolute Gasteiger partial charge is 0.390 e. The second-order valence-corrected chi connectivity index (χ2v) is 8.57. The fourth-order valence-electron chi connectivity index (χ4n) is 2.39. The van der Waals surface area contributed by atoms with Gasteiger partial charge in [0.2, 0.25) is 0 Å². The Bertz CT molecular complexity index is 814. The van der Waals surface area contributed by atoms with Crippen molar-refractivity contribution in [2.24, 2.45) is 0 Å². The lowest BCUT2D eigenvalue weighted by Gasteiger charge is -2.28. The van der Waals surface area contributed by atoms with Crippen molar-refractivity contribution in [3.63, 3.8) is 0 Å². The van der Waals surface area contributed by atoms with Gasteiger partial charge in [0.05, 0.1) is 28.3 Å². The second kappa shape index (κ2) is 8.38. The lowest BCUT2D eigenvalue weighted by molar-refractivity contribution is 0.145. The monoisotopic (exact) mass is 402 g/mol. The summed E-state index contributed by atoms with van der Waals surface area (Å²) in [5.74, 6) is 0. The van der Waals surface area contributed by atoms with Crippen LogP contribution in [0.15, 0.2) is 53.4 Å².